The van der Waals surface area contributed by atoms with E-state index in [1.165, 1.54) is 270 Å². The highest BCUT2D eigenvalue weighted by molar-refractivity contribution is 7.47. The SMILES string of the molecule is CC/C=C\C/C=C\C/C=C\C/C=C\C/C=C\CCCCCCCCCCCCCCCCCCCC(=O)OCC(COP(=O)(O)OCC(O)COP(=O)(O)OCC(O)COC(=O)CCCCCCCCCCCCCCCCCCCCC/C=C\C/C=C\C/C=C\C/C=C\CCCCC)OC(=O)CCCCCCCCCCC/C=C\C/C=C\C/C=C\C/C=C\CCCCC. The van der Waals surface area contributed by atoms with Crippen molar-refractivity contribution < 1.29 is 75.8 Å². The molecule has 5 atom stereocenters. The molecule has 0 aromatic carbocycles. The molecule has 0 saturated carbocycles. The van der Waals surface area contributed by atoms with Crippen LogP contribution >= 0.6 is 15.6 Å². The highest BCUT2D eigenvalue weighted by Crippen LogP contribution is 2.45. The third kappa shape index (κ3) is 104. The predicted octanol–water partition coefficient (Wildman–Crippen LogP) is 33.6. The van der Waals surface area contributed by atoms with Gasteiger partial charge in [-0.15, -0.1) is 0 Å². The summed E-state index contributed by atoms with van der Waals surface area (Å²) in [6.45, 7) is 2.60. The number of ether oxygens (including phenoxy) is 3. The Bertz CT molecular complexity index is 2980. The predicted molar refractivity (Wildman–Crippen MR) is 546 cm³/mol. The van der Waals surface area contributed by atoms with Crippen molar-refractivity contribution >= 4 is 33.6 Å². The summed E-state index contributed by atoms with van der Waals surface area (Å²) in [4.78, 5) is 59.2. The summed E-state index contributed by atoms with van der Waals surface area (Å²) in [5, 5.41) is 20.8. The Balaban J connectivity index is 4.55. The van der Waals surface area contributed by atoms with Gasteiger partial charge < -0.3 is 34.2 Å². The molecule has 0 aromatic rings. The minimum Gasteiger partial charge on any atom is -0.463 e. The van der Waals surface area contributed by atoms with Gasteiger partial charge in [0, 0.05) is 19.3 Å². The number of hydrogen-bond donors (Lipinski definition) is 4. The molecule has 0 saturated heterocycles. The zero-order valence-electron chi connectivity index (χ0n) is 82.6. The van der Waals surface area contributed by atoms with Gasteiger partial charge in [-0.1, -0.05) is 455 Å². The maximum Gasteiger partial charge on any atom is 0.472 e. The summed E-state index contributed by atoms with van der Waals surface area (Å²) < 4.78 is 61.7. The molecule has 0 aliphatic heterocycles. The Morgan fingerprint density at radius 2 is 0.411 bits per heavy atom. The van der Waals surface area contributed by atoms with E-state index in [2.05, 4.69) is 179 Å². The van der Waals surface area contributed by atoms with E-state index in [4.69, 9.17) is 32.3 Å². The number of allylic oxidation sites excluding steroid dienone is 26. The van der Waals surface area contributed by atoms with Crippen molar-refractivity contribution in [2.45, 2.75) is 489 Å². The topological polar surface area (TPSA) is 231 Å². The molecule has 0 fully saturated rings. The first kappa shape index (κ1) is 124. The number of aliphatic hydroxyl groups excluding tert-OH is 2. The molecule has 0 rings (SSSR count). The quantitative estimate of drug-likeness (QED) is 0.0146. The number of carbonyl (C=O) groups is 3. The monoisotopic (exact) mass is 1850 g/mol. The average molecular weight is 1850 g/mol. The van der Waals surface area contributed by atoms with Crippen LogP contribution in [0.25, 0.3) is 0 Å². The van der Waals surface area contributed by atoms with Crippen LogP contribution in [0.5, 0.6) is 0 Å². The fourth-order valence-electron chi connectivity index (χ4n) is 14.7. The summed E-state index contributed by atoms with van der Waals surface area (Å²) >= 11 is 0. The molecular weight excluding hydrogens is 1650 g/mol. The molecule has 744 valence electrons. The first-order chi connectivity index (χ1) is 63.2. The number of phosphoric ester groups is 2. The maximum absolute atomic E-state index is 13.1. The molecule has 0 bridgehead atoms. The van der Waals surface area contributed by atoms with Gasteiger partial charge in [-0.05, 0) is 154 Å². The van der Waals surface area contributed by atoms with E-state index in [9.17, 15) is 43.5 Å². The molecule has 5 unspecified atom stereocenters. The van der Waals surface area contributed by atoms with Crippen LogP contribution in [0.2, 0.25) is 0 Å². The van der Waals surface area contributed by atoms with Crippen molar-refractivity contribution in [3.8, 4) is 0 Å². The first-order valence-corrected chi connectivity index (χ1v) is 55.8. The lowest BCUT2D eigenvalue weighted by Gasteiger charge is -2.21. The number of carbonyl (C=O) groups excluding carboxylic acids is 3. The van der Waals surface area contributed by atoms with Crippen LogP contribution in [-0.4, -0.2) is 95.9 Å². The summed E-state index contributed by atoms with van der Waals surface area (Å²) in [6.07, 6.45) is 133. The molecule has 0 aromatic heterocycles. The Morgan fingerprint density at radius 3 is 0.651 bits per heavy atom. The number of esters is 3. The fourth-order valence-corrected chi connectivity index (χ4v) is 16.3. The van der Waals surface area contributed by atoms with Crippen LogP contribution < -0.4 is 0 Å². The van der Waals surface area contributed by atoms with Crippen molar-refractivity contribution in [1.82, 2.24) is 0 Å². The van der Waals surface area contributed by atoms with Gasteiger partial charge in [-0.25, -0.2) is 9.13 Å². The third-order valence-corrected chi connectivity index (χ3v) is 24.6. The Hall–Kier alpha value is -4.83. The number of hydrogen-bond acceptors (Lipinski definition) is 14. The van der Waals surface area contributed by atoms with E-state index >= 15 is 0 Å². The number of unbranched alkanes of at least 4 members (excludes halogenated alkanes) is 51. The second-order valence-corrected chi connectivity index (χ2v) is 38.2. The van der Waals surface area contributed by atoms with Gasteiger partial charge in [-0.2, -0.15) is 0 Å². The van der Waals surface area contributed by atoms with Crippen molar-refractivity contribution in [3.63, 3.8) is 0 Å². The fraction of sp³-hybridized carbons (Fsp3) is 0.739. The molecule has 4 N–H and O–H groups in total. The third-order valence-electron chi connectivity index (χ3n) is 22.7. The van der Waals surface area contributed by atoms with E-state index in [-0.39, 0.29) is 19.3 Å². The lowest BCUT2D eigenvalue weighted by atomic mass is 10.0. The Kier molecular flexibility index (Phi) is 98.3. The zero-order chi connectivity index (χ0) is 93.5. The van der Waals surface area contributed by atoms with E-state index in [0.717, 1.165) is 141 Å². The molecule has 18 heteroatoms. The molecular formula is C111H194O16P2. The van der Waals surface area contributed by atoms with Gasteiger partial charge in [0.15, 0.2) is 6.10 Å². The lowest BCUT2D eigenvalue weighted by molar-refractivity contribution is -0.161. The van der Waals surface area contributed by atoms with Crippen molar-refractivity contribution in [3.05, 3.63) is 158 Å². The number of aliphatic hydroxyl groups is 2. The van der Waals surface area contributed by atoms with Crippen LogP contribution in [0.4, 0.5) is 0 Å². The maximum atomic E-state index is 13.1. The highest BCUT2D eigenvalue weighted by atomic mass is 31.2. The molecule has 129 heavy (non-hydrogen) atoms. The number of rotatable bonds is 100. The Labute approximate surface area is 790 Å². The first-order valence-electron chi connectivity index (χ1n) is 52.8. The number of phosphoric acid groups is 2. The highest BCUT2D eigenvalue weighted by Gasteiger charge is 2.30. The molecule has 0 radical (unpaired) electrons. The average Bonchev–Trinajstić information content (AvgIpc) is 0.898. The Morgan fingerprint density at radius 1 is 0.225 bits per heavy atom. The molecule has 0 aliphatic rings. The van der Waals surface area contributed by atoms with E-state index < -0.39 is 91.5 Å². The summed E-state index contributed by atoms with van der Waals surface area (Å²) in [6, 6.07) is 0. The molecule has 16 nitrogen and oxygen atoms in total. The molecule has 0 aliphatic carbocycles. The van der Waals surface area contributed by atoms with Gasteiger partial charge in [0.2, 0.25) is 0 Å². The molecule has 0 spiro atoms. The van der Waals surface area contributed by atoms with Gasteiger partial charge in [0.05, 0.1) is 26.4 Å². The van der Waals surface area contributed by atoms with Crippen molar-refractivity contribution in [1.29, 1.82) is 0 Å². The molecule has 0 heterocycles. The summed E-state index contributed by atoms with van der Waals surface area (Å²) in [7, 11) is -9.82. The van der Waals surface area contributed by atoms with E-state index in [1.807, 2.05) is 0 Å². The minimum atomic E-state index is -4.95. The lowest BCUT2D eigenvalue weighted by Crippen LogP contribution is -2.30. The summed E-state index contributed by atoms with van der Waals surface area (Å²) in [5.41, 5.74) is 0. The summed E-state index contributed by atoms with van der Waals surface area (Å²) in [5.74, 6) is -1.56. The van der Waals surface area contributed by atoms with Crippen LogP contribution in [-0.2, 0) is 55.8 Å². The minimum absolute atomic E-state index is 0.0964. The molecule has 0 amide bonds. The second kappa shape index (κ2) is 102. The smallest absolute Gasteiger partial charge is 0.463 e. The van der Waals surface area contributed by atoms with E-state index in [1.54, 1.807) is 0 Å². The van der Waals surface area contributed by atoms with Crippen LogP contribution in [0.15, 0.2) is 158 Å². The zero-order valence-corrected chi connectivity index (χ0v) is 84.4. The van der Waals surface area contributed by atoms with Crippen LogP contribution in [0.3, 0.4) is 0 Å². The van der Waals surface area contributed by atoms with Crippen molar-refractivity contribution in [2.75, 3.05) is 39.6 Å². The largest absolute Gasteiger partial charge is 0.472 e. The van der Waals surface area contributed by atoms with Gasteiger partial charge >= 0.3 is 33.6 Å². The van der Waals surface area contributed by atoms with E-state index in [0.29, 0.717) is 19.3 Å². The van der Waals surface area contributed by atoms with Gasteiger partial charge in [0.25, 0.3) is 0 Å². The second-order valence-electron chi connectivity index (χ2n) is 35.3. The standard InChI is InChI=1S/C111H194O16P2/c1-4-7-10-13-16-19-22-25-28-31-34-37-40-43-45-47-49-51-52-54-56-57-59-62-64-67-70-73-76-79-82-85-88-91-94-97-109(114)121-100-106(112)101-123-128(117,118)124-102-107(113)103-125-129(119,120)126-105-108(127-111(116)99-96-93-90-87-84-81-78-75-72-69-66-61-42-39-36-33-30-27-24-21-18-15-12-9-6-3)104-122-110(115)98-95-92-89-86-83-80-77-74-71-68-65-63-60-58-55-53-50-48-46-44-41-38-35-32-29-26-23-20-17-14-11-8-5-2/h8,11,16-21,25-30,34-39,43-46,61,66,106-108,112-113H,4-7,9-10,12-15,22-24,31-33,40-42,47-60,62-65,67-105H2,1-3H3,(H,117,118)(H,119,120)/b11-8-,19-16-,20-17-,21-18-,28-25-,29-26-,30-27-,37-34-,38-35-,39-36-,45-43-,46-44-,66-61-. The normalized spacial score (nSPS) is 14.3. The van der Waals surface area contributed by atoms with Crippen molar-refractivity contribution in [2.24, 2.45) is 0 Å². The van der Waals surface area contributed by atoms with Crippen LogP contribution in [0, 0.1) is 0 Å². The van der Waals surface area contributed by atoms with Gasteiger partial charge in [0.1, 0.15) is 25.4 Å². The van der Waals surface area contributed by atoms with Gasteiger partial charge in [-0.3, -0.25) is 32.5 Å². The van der Waals surface area contributed by atoms with Crippen LogP contribution in [0.1, 0.15) is 470 Å².